The number of carboxylic acids is 1. The summed E-state index contributed by atoms with van der Waals surface area (Å²) in [6.45, 7) is 1.55. The Labute approximate surface area is 116 Å². The van der Waals surface area contributed by atoms with E-state index in [9.17, 15) is 14.7 Å². The molecule has 0 aromatic heterocycles. The van der Waals surface area contributed by atoms with Crippen LogP contribution in [0.25, 0.3) is 0 Å². The van der Waals surface area contributed by atoms with E-state index in [-0.39, 0.29) is 6.42 Å². The maximum Gasteiger partial charge on any atom is 0.326 e. The van der Waals surface area contributed by atoms with Gasteiger partial charge < -0.3 is 15.5 Å². The van der Waals surface area contributed by atoms with Crippen molar-refractivity contribution in [3.05, 3.63) is 35.9 Å². The first kappa shape index (κ1) is 15.7. The van der Waals surface area contributed by atoms with E-state index in [1.165, 1.54) is 0 Å². The van der Waals surface area contributed by atoms with Gasteiger partial charge in [0.2, 0.25) is 0 Å². The first-order valence-electron chi connectivity index (χ1n) is 6.10. The summed E-state index contributed by atoms with van der Waals surface area (Å²) in [6.07, 6.45) is -1.44. The van der Waals surface area contributed by atoms with E-state index < -0.39 is 29.9 Å². The minimum Gasteiger partial charge on any atom is -0.480 e. The summed E-state index contributed by atoms with van der Waals surface area (Å²) < 4.78 is 0. The smallest absolute Gasteiger partial charge is 0.326 e. The van der Waals surface area contributed by atoms with Gasteiger partial charge in [-0.1, -0.05) is 37.3 Å². The zero-order chi connectivity index (χ0) is 15.1. The monoisotopic (exact) mass is 276 g/mol. The van der Waals surface area contributed by atoms with Crippen molar-refractivity contribution in [2.75, 3.05) is 0 Å². The summed E-state index contributed by atoms with van der Waals surface area (Å²) in [6, 6.07) is 8.86. The van der Waals surface area contributed by atoms with Crippen molar-refractivity contribution in [2.24, 2.45) is 5.92 Å². The van der Waals surface area contributed by atoms with Gasteiger partial charge in [-0.05, 0) is 5.56 Å². The second kappa shape index (κ2) is 7.26. The van der Waals surface area contributed by atoms with Gasteiger partial charge in [-0.3, -0.25) is 4.79 Å². The molecule has 6 nitrogen and oxygen atoms in total. The number of nitrogens with one attached hydrogen (secondary N) is 1. The molecule has 0 heterocycles. The number of aliphatic hydroxyl groups is 1. The van der Waals surface area contributed by atoms with Crippen LogP contribution in [0.15, 0.2) is 30.3 Å². The summed E-state index contributed by atoms with van der Waals surface area (Å²) in [4.78, 5) is 23.0. The predicted octanol–water partition coefficient (Wildman–Crippen LogP) is 0.839. The molecule has 1 rings (SSSR count). The molecule has 0 saturated heterocycles. The lowest BCUT2D eigenvalue weighted by Crippen LogP contribution is -2.46. The highest BCUT2D eigenvalue weighted by molar-refractivity contribution is 5.87. The lowest BCUT2D eigenvalue weighted by molar-refractivity contribution is -0.144. The number of carbonyl (C=O) groups excluding carboxylic acids is 1. The van der Waals surface area contributed by atoms with Gasteiger partial charge >= 0.3 is 5.97 Å². The average molecular weight is 276 g/mol. The van der Waals surface area contributed by atoms with Crippen molar-refractivity contribution < 1.29 is 19.8 Å². The fraction of sp³-hybridized carbons (Fsp3) is 0.357. The number of rotatable bonds is 6. The lowest BCUT2D eigenvalue weighted by atomic mass is 9.98. The van der Waals surface area contributed by atoms with Crippen LogP contribution in [-0.4, -0.2) is 28.1 Å². The Kier molecular flexibility index (Phi) is 5.69. The summed E-state index contributed by atoms with van der Waals surface area (Å²) in [7, 11) is 0. The molecule has 1 aromatic rings. The Morgan fingerprint density at radius 2 is 1.95 bits per heavy atom. The molecule has 0 fully saturated rings. The van der Waals surface area contributed by atoms with Gasteiger partial charge in [-0.15, -0.1) is 0 Å². The normalized spacial score (nSPS) is 14.7. The zero-order valence-electron chi connectivity index (χ0n) is 11.0. The molecule has 0 saturated carbocycles. The number of nitrogens with zero attached hydrogens (tertiary/aromatic N) is 1. The van der Waals surface area contributed by atoms with Gasteiger partial charge in [0.25, 0.3) is 5.91 Å². The van der Waals surface area contributed by atoms with Crippen molar-refractivity contribution in [3.63, 3.8) is 0 Å². The van der Waals surface area contributed by atoms with Gasteiger partial charge in [0.05, 0.1) is 6.07 Å². The van der Waals surface area contributed by atoms with E-state index in [4.69, 9.17) is 10.4 Å². The van der Waals surface area contributed by atoms with Gasteiger partial charge in [-0.25, -0.2) is 4.79 Å². The fourth-order valence-electron chi connectivity index (χ4n) is 1.73. The molecular formula is C14H16N2O4. The number of hydrogen-bond donors (Lipinski definition) is 3. The molecule has 6 heteroatoms. The topological polar surface area (TPSA) is 110 Å². The summed E-state index contributed by atoms with van der Waals surface area (Å²) >= 11 is 0. The number of amides is 1. The first-order chi connectivity index (χ1) is 9.47. The van der Waals surface area contributed by atoms with E-state index >= 15 is 0 Å². The van der Waals surface area contributed by atoms with Crippen molar-refractivity contribution in [1.29, 1.82) is 5.26 Å². The van der Waals surface area contributed by atoms with E-state index in [0.29, 0.717) is 5.56 Å². The third-order valence-corrected chi connectivity index (χ3v) is 2.91. The molecule has 0 bridgehead atoms. The standard InChI is InChI=1S/C14H16N2O4/c1-9(7-8-15)11(14(19)20)16-13(18)12(17)10-5-3-2-4-6-10/h2-6,9,11-12,17H,7H2,1H3,(H,16,18)(H,19,20)/t9-,11+,12+/m1/s1. The minimum atomic E-state index is -1.44. The van der Waals surface area contributed by atoms with Crippen LogP contribution in [0.3, 0.4) is 0 Å². The van der Waals surface area contributed by atoms with E-state index in [1.54, 1.807) is 37.3 Å². The molecular weight excluding hydrogens is 260 g/mol. The predicted molar refractivity (Wildman–Crippen MR) is 70.4 cm³/mol. The first-order valence-corrected chi connectivity index (χ1v) is 6.10. The van der Waals surface area contributed by atoms with Crippen molar-refractivity contribution in [3.8, 4) is 6.07 Å². The van der Waals surface area contributed by atoms with Crippen LogP contribution < -0.4 is 5.32 Å². The number of nitriles is 1. The molecule has 0 unspecified atom stereocenters. The molecule has 3 atom stereocenters. The van der Waals surface area contributed by atoms with E-state index in [1.807, 2.05) is 6.07 Å². The lowest BCUT2D eigenvalue weighted by Gasteiger charge is -2.21. The van der Waals surface area contributed by atoms with Gasteiger partial charge in [0.15, 0.2) is 6.10 Å². The Morgan fingerprint density at radius 3 is 2.45 bits per heavy atom. The Bertz CT molecular complexity index is 510. The Hall–Kier alpha value is -2.39. The number of carboxylic acid groups (broad SMARTS) is 1. The molecule has 1 aromatic carbocycles. The van der Waals surface area contributed by atoms with Gasteiger partial charge in [-0.2, -0.15) is 5.26 Å². The zero-order valence-corrected chi connectivity index (χ0v) is 11.0. The quantitative estimate of drug-likeness (QED) is 0.713. The van der Waals surface area contributed by atoms with Crippen LogP contribution in [0.2, 0.25) is 0 Å². The SMILES string of the molecule is C[C@H](CC#N)[C@H](NC(=O)[C@@H](O)c1ccccc1)C(=O)O. The van der Waals surface area contributed by atoms with Crippen LogP contribution in [0.1, 0.15) is 25.0 Å². The molecule has 0 radical (unpaired) electrons. The van der Waals surface area contributed by atoms with E-state index in [0.717, 1.165) is 0 Å². The van der Waals surface area contributed by atoms with Crippen LogP contribution in [0.5, 0.6) is 0 Å². The van der Waals surface area contributed by atoms with Crippen molar-refractivity contribution >= 4 is 11.9 Å². The molecule has 1 amide bonds. The maximum atomic E-state index is 11.9. The van der Waals surface area contributed by atoms with Gasteiger partial charge in [0, 0.05) is 12.3 Å². The summed E-state index contributed by atoms with van der Waals surface area (Å²) in [5.41, 5.74) is 0.377. The van der Waals surface area contributed by atoms with Crippen LogP contribution in [-0.2, 0) is 9.59 Å². The number of benzene rings is 1. The highest BCUT2D eigenvalue weighted by Gasteiger charge is 2.29. The number of carbonyl (C=O) groups is 2. The highest BCUT2D eigenvalue weighted by atomic mass is 16.4. The van der Waals surface area contributed by atoms with E-state index in [2.05, 4.69) is 5.32 Å². The summed E-state index contributed by atoms with van der Waals surface area (Å²) in [5.74, 6) is -2.58. The van der Waals surface area contributed by atoms with Crippen molar-refractivity contribution in [1.82, 2.24) is 5.32 Å². The molecule has 0 aliphatic rings. The van der Waals surface area contributed by atoms with Crippen LogP contribution in [0.4, 0.5) is 0 Å². The average Bonchev–Trinajstić information content (AvgIpc) is 2.44. The fourth-order valence-corrected chi connectivity index (χ4v) is 1.73. The Morgan fingerprint density at radius 1 is 1.35 bits per heavy atom. The van der Waals surface area contributed by atoms with Crippen LogP contribution in [0, 0.1) is 17.2 Å². The third-order valence-electron chi connectivity index (χ3n) is 2.91. The highest BCUT2D eigenvalue weighted by Crippen LogP contribution is 2.14. The number of aliphatic carboxylic acids is 1. The van der Waals surface area contributed by atoms with Gasteiger partial charge in [0.1, 0.15) is 6.04 Å². The largest absolute Gasteiger partial charge is 0.480 e. The van der Waals surface area contributed by atoms with Crippen LogP contribution >= 0.6 is 0 Å². The molecule has 3 N–H and O–H groups in total. The third kappa shape index (κ3) is 4.07. The molecule has 0 aliphatic heterocycles. The maximum absolute atomic E-state index is 11.9. The molecule has 0 spiro atoms. The summed E-state index contributed by atoms with van der Waals surface area (Å²) in [5, 5.41) is 29.8. The molecule has 0 aliphatic carbocycles. The molecule has 106 valence electrons. The minimum absolute atomic E-state index is 0.00131. The number of aliphatic hydroxyl groups excluding tert-OH is 1. The second-order valence-electron chi connectivity index (χ2n) is 4.48. The van der Waals surface area contributed by atoms with Crippen molar-refractivity contribution in [2.45, 2.75) is 25.5 Å². The Balaban J connectivity index is 2.77. The number of hydrogen-bond acceptors (Lipinski definition) is 4. The molecule has 20 heavy (non-hydrogen) atoms. The second-order valence-corrected chi connectivity index (χ2v) is 4.48.